The first-order chi connectivity index (χ1) is 14.6. The second-order valence-corrected chi connectivity index (χ2v) is 8.05. The number of hydrogen-bond acceptors (Lipinski definition) is 4. The number of benzene rings is 2. The molecule has 4 rings (SSSR count). The lowest BCUT2D eigenvalue weighted by Gasteiger charge is -2.21. The van der Waals surface area contributed by atoms with Gasteiger partial charge in [0.25, 0.3) is 5.91 Å². The van der Waals surface area contributed by atoms with E-state index in [4.69, 9.17) is 9.47 Å². The molecule has 2 aromatic rings. The van der Waals surface area contributed by atoms with Crippen molar-refractivity contribution in [2.45, 2.75) is 57.6 Å². The fourth-order valence-electron chi connectivity index (χ4n) is 4.00. The van der Waals surface area contributed by atoms with Gasteiger partial charge in [0.2, 0.25) is 5.91 Å². The number of anilines is 1. The minimum atomic E-state index is -0.171. The molecule has 1 fully saturated rings. The Balaban J connectivity index is 1.29. The van der Waals surface area contributed by atoms with Crippen molar-refractivity contribution < 1.29 is 19.1 Å². The smallest absolute Gasteiger partial charge is 0.262 e. The molecular weight excluding hydrogens is 380 g/mol. The van der Waals surface area contributed by atoms with Gasteiger partial charge in [-0.25, -0.2) is 0 Å². The largest absolute Gasteiger partial charge is 0.490 e. The number of ether oxygens (including phenoxy) is 2. The van der Waals surface area contributed by atoms with E-state index in [0.717, 1.165) is 29.7 Å². The summed E-state index contributed by atoms with van der Waals surface area (Å²) in [6.45, 7) is 1.97. The molecule has 0 radical (unpaired) electrons. The van der Waals surface area contributed by atoms with Crippen LogP contribution in [-0.4, -0.2) is 24.5 Å². The van der Waals surface area contributed by atoms with Gasteiger partial charge in [0.05, 0.1) is 17.8 Å². The minimum absolute atomic E-state index is 0.0115. The van der Waals surface area contributed by atoms with Crippen LogP contribution in [0.25, 0.3) is 0 Å². The Bertz CT molecular complexity index is 921. The van der Waals surface area contributed by atoms with Gasteiger partial charge in [0.15, 0.2) is 6.61 Å². The number of nitrogens with one attached hydrogen (secondary N) is 2. The van der Waals surface area contributed by atoms with Gasteiger partial charge in [-0.3, -0.25) is 9.59 Å². The highest BCUT2D eigenvalue weighted by Gasteiger charge is 2.19. The predicted octanol–water partition coefficient (Wildman–Crippen LogP) is 4.15. The summed E-state index contributed by atoms with van der Waals surface area (Å²) in [6.07, 6.45) is 6.14. The van der Waals surface area contributed by atoms with E-state index < -0.39 is 0 Å². The van der Waals surface area contributed by atoms with Crippen LogP contribution in [0.4, 0.5) is 5.69 Å². The molecule has 2 aliphatic rings. The van der Waals surface area contributed by atoms with Crippen molar-refractivity contribution in [2.24, 2.45) is 0 Å². The van der Waals surface area contributed by atoms with Crippen LogP contribution in [0.1, 0.15) is 56.2 Å². The molecule has 1 unspecified atom stereocenters. The van der Waals surface area contributed by atoms with E-state index in [1.807, 2.05) is 49.4 Å². The van der Waals surface area contributed by atoms with Crippen molar-refractivity contribution in [3.05, 3.63) is 53.6 Å². The summed E-state index contributed by atoms with van der Waals surface area (Å²) >= 11 is 0. The van der Waals surface area contributed by atoms with Crippen LogP contribution in [-0.2, 0) is 16.0 Å². The lowest BCUT2D eigenvalue weighted by atomic mass is 10.1. The summed E-state index contributed by atoms with van der Waals surface area (Å²) in [5.41, 5.74) is 2.66. The molecule has 30 heavy (non-hydrogen) atoms. The Morgan fingerprint density at radius 2 is 2.07 bits per heavy atom. The first-order valence-corrected chi connectivity index (χ1v) is 10.7. The fourth-order valence-corrected chi connectivity index (χ4v) is 4.00. The molecule has 1 aliphatic heterocycles. The average molecular weight is 408 g/mol. The number of carbonyl (C=O) groups is 2. The molecule has 158 valence electrons. The van der Waals surface area contributed by atoms with E-state index in [0.29, 0.717) is 30.4 Å². The zero-order valence-corrected chi connectivity index (χ0v) is 17.3. The summed E-state index contributed by atoms with van der Waals surface area (Å²) in [4.78, 5) is 24.0. The zero-order valence-electron chi connectivity index (χ0n) is 17.3. The van der Waals surface area contributed by atoms with Gasteiger partial charge in [-0.05, 0) is 74.4 Å². The van der Waals surface area contributed by atoms with Gasteiger partial charge >= 0.3 is 0 Å². The van der Waals surface area contributed by atoms with E-state index in [1.165, 1.54) is 12.8 Å². The normalized spacial score (nSPS) is 16.9. The molecule has 2 aromatic carbocycles. The third kappa shape index (κ3) is 5.12. The van der Waals surface area contributed by atoms with Crippen LogP contribution >= 0.6 is 0 Å². The van der Waals surface area contributed by atoms with Crippen LogP contribution < -0.4 is 20.1 Å². The molecule has 0 saturated heterocycles. The Morgan fingerprint density at radius 1 is 1.23 bits per heavy atom. The van der Waals surface area contributed by atoms with Gasteiger partial charge in [-0.15, -0.1) is 0 Å². The van der Waals surface area contributed by atoms with E-state index in [1.54, 1.807) is 0 Å². The second-order valence-electron chi connectivity index (χ2n) is 8.05. The molecule has 0 bridgehead atoms. The fraction of sp³-hybridized carbons (Fsp3) is 0.417. The minimum Gasteiger partial charge on any atom is -0.490 e. The van der Waals surface area contributed by atoms with Crippen LogP contribution in [0.5, 0.6) is 11.5 Å². The summed E-state index contributed by atoms with van der Waals surface area (Å²) < 4.78 is 11.4. The van der Waals surface area contributed by atoms with Gasteiger partial charge < -0.3 is 20.1 Å². The van der Waals surface area contributed by atoms with Crippen molar-refractivity contribution in [2.75, 3.05) is 11.9 Å². The standard InChI is InChI=1S/C24H28N2O4/c1-16(18-10-11-22-21(14-18)26-24(28)15-29-22)25-23(27)12-9-17-5-4-8-20(13-17)30-19-6-2-3-7-19/h4-5,8,10-11,13-14,16,19H,2-3,6-7,9,12,15H2,1H3,(H,25,27)(H,26,28). The van der Waals surface area contributed by atoms with Crippen LogP contribution in [0.2, 0.25) is 0 Å². The van der Waals surface area contributed by atoms with E-state index in [2.05, 4.69) is 10.6 Å². The van der Waals surface area contributed by atoms with Crippen LogP contribution in [0.3, 0.4) is 0 Å². The monoisotopic (exact) mass is 408 g/mol. The van der Waals surface area contributed by atoms with Gasteiger partial charge in [-0.2, -0.15) is 0 Å². The highest BCUT2D eigenvalue weighted by atomic mass is 16.5. The maximum absolute atomic E-state index is 12.5. The Kier molecular flexibility index (Phi) is 6.21. The van der Waals surface area contributed by atoms with Crippen LogP contribution in [0.15, 0.2) is 42.5 Å². The molecule has 6 heteroatoms. The second kappa shape index (κ2) is 9.20. The highest BCUT2D eigenvalue weighted by molar-refractivity contribution is 5.95. The van der Waals surface area contributed by atoms with Crippen molar-refractivity contribution in [1.29, 1.82) is 0 Å². The van der Waals surface area contributed by atoms with Crippen molar-refractivity contribution in [1.82, 2.24) is 5.32 Å². The zero-order chi connectivity index (χ0) is 20.9. The quantitative estimate of drug-likeness (QED) is 0.722. The van der Waals surface area contributed by atoms with E-state index in [9.17, 15) is 9.59 Å². The maximum Gasteiger partial charge on any atom is 0.262 e. The number of rotatable bonds is 7. The lowest BCUT2D eigenvalue weighted by molar-refractivity contribution is -0.121. The van der Waals surface area contributed by atoms with Crippen molar-refractivity contribution in [3.63, 3.8) is 0 Å². The number of aryl methyl sites for hydroxylation is 1. The third-order valence-electron chi connectivity index (χ3n) is 5.66. The Labute approximate surface area is 177 Å². The molecular formula is C24H28N2O4. The summed E-state index contributed by atoms with van der Waals surface area (Å²) in [5.74, 6) is 1.36. The molecule has 1 heterocycles. The molecule has 0 aromatic heterocycles. The topological polar surface area (TPSA) is 76.7 Å². The molecule has 2 amide bonds. The number of amides is 2. The third-order valence-corrected chi connectivity index (χ3v) is 5.66. The molecule has 6 nitrogen and oxygen atoms in total. The first-order valence-electron chi connectivity index (χ1n) is 10.7. The summed E-state index contributed by atoms with van der Waals surface area (Å²) in [7, 11) is 0. The van der Waals surface area contributed by atoms with Gasteiger partial charge in [0.1, 0.15) is 11.5 Å². The summed E-state index contributed by atoms with van der Waals surface area (Å²) in [5, 5.41) is 5.83. The predicted molar refractivity (Wildman–Crippen MR) is 115 cm³/mol. The van der Waals surface area contributed by atoms with E-state index in [-0.39, 0.29) is 24.5 Å². The van der Waals surface area contributed by atoms with Crippen molar-refractivity contribution in [3.8, 4) is 11.5 Å². The molecule has 0 spiro atoms. The summed E-state index contributed by atoms with van der Waals surface area (Å²) in [6, 6.07) is 13.5. The Morgan fingerprint density at radius 3 is 2.90 bits per heavy atom. The number of hydrogen-bond donors (Lipinski definition) is 2. The maximum atomic E-state index is 12.5. The first kappa shape index (κ1) is 20.3. The molecule has 1 saturated carbocycles. The molecule has 1 aliphatic carbocycles. The van der Waals surface area contributed by atoms with E-state index >= 15 is 0 Å². The van der Waals surface area contributed by atoms with Crippen molar-refractivity contribution >= 4 is 17.5 Å². The highest BCUT2D eigenvalue weighted by Crippen LogP contribution is 2.30. The van der Waals surface area contributed by atoms with Crippen LogP contribution in [0, 0.1) is 0 Å². The van der Waals surface area contributed by atoms with Gasteiger partial charge in [0, 0.05) is 6.42 Å². The number of carbonyl (C=O) groups excluding carboxylic acids is 2. The Hall–Kier alpha value is -3.02. The molecule has 1 atom stereocenters. The SMILES string of the molecule is CC(NC(=O)CCc1cccc(OC2CCCC2)c1)c1ccc2c(c1)NC(=O)CO2. The number of fused-ring (bicyclic) bond motifs is 1. The average Bonchev–Trinajstić information content (AvgIpc) is 3.25. The lowest BCUT2D eigenvalue weighted by Crippen LogP contribution is -2.28. The molecule has 2 N–H and O–H groups in total. The van der Waals surface area contributed by atoms with Gasteiger partial charge in [-0.1, -0.05) is 18.2 Å².